The quantitative estimate of drug-likeness (QED) is 0.520. The first-order valence-corrected chi connectivity index (χ1v) is 5.11. The number of amides is 3. The number of primary amides is 1. The van der Waals surface area contributed by atoms with Gasteiger partial charge in [-0.05, 0) is 32.5 Å². The van der Waals surface area contributed by atoms with Gasteiger partial charge >= 0.3 is 6.03 Å². The highest BCUT2D eigenvalue weighted by Gasteiger charge is 2.10. The van der Waals surface area contributed by atoms with Gasteiger partial charge in [0.1, 0.15) is 0 Å². The third kappa shape index (κ3) is 7.90. The van der Waals surface area contributed by atoms with Gasteiger partial charge in [-0.25, -0.2) is 4.79 Å². The van der Waals surface area contributed by atoms with Gasteiger partial charge in [0.05, 0.1) is 6.54 Å². The molecule has 0 saturated carbocycles. The van der Waals surface area contributed by atoms with Crippen molar-refractivity contribution in [2.45, 2.75) is 19.8 Å². The van der Waals surface area contributed by atoms with Crippen LogP contribution in [0.4, 0.5) is 4.79 Å². The Morgan fingerprint density at radius 3 is 2.47 bits per heavy atom. The smallest absolute Gasteiger partial charge is 0.318 e. The average molecular weight is 216 g/mol. The van der Waals surface area contributed by atoms with Crippen LogP contribution >= 0.6 is 0 Å². The second-order valence-corrected chi connectivity index (χ2v) is 3.33. The lowest BCUT2D eigenvalue weighted by atomic mass is 10.3. The van der Waals surface area contributed by atoms with Crippen molar-refractivity contribution in [2.24, 2.45) is 11.5 Å². The monoisotopic (exact) mass is 216 g/mol. The Kier molecular flexibility index (Phi) is 7.57. The number of nitrogens with zero attached hydrogens (tertiary/aromatic N) is 1. The summed E-state index contributed by atoms with van der Waals surface area (Å²) in [6.45, 7) is 4.39. The van der Waals surface area contributed by atoms with Crippen LogP contribution in [0, 0.1) is 0 Å². The van der Waals surface area contributed by atoms with E-state index in [0.717, 1.165) is 25.9 Å². The van der Waals surface area contributed by atoms with E-state index < -0.39 is 6.03 Å². The number of rotatable bonds is 7. The molecule has 0 heterocycles. The lowest BCUT2D eigenvalue weighted by Crippen LogP contribution is -2.43. The van der Waals surface area contributed by atoms with E-state index in [1.165, 1.54) is 0 Å². The minimum atomic E-state index is -0.810. The Hall–Kier alpha value is -1.14. The molecule has 0 rings (SSSR count). The Morgan fingerprint density at radius 1 is 1.33 bits per heavy atom. The summed E-state index contributed by atoms with van der Waals surface area (Å²) < 4.78 is 0. The molecule has 0 bridgehead atoms. The van der Waals surface area contributed by atoms with Crippen molar-refractivity contribution in [3.05, 3.63) is 0 Å². The molecule has 0 atom stereocenters. The van der Waals surface area contributed by atoms with Crippen molar-refractivity contribution in [1.29, 1.82) is 0 Å². The van der Waals surface area contributed by atoms with Gasteiger partial charge in [0.25, 0.3) is 0 Å². The summed E-state index contributed by atoms with van der Waals surface area (Å²) in [6.07, 6.45) is 1.79. The largest absolute Gasteiger partial charge is 0.351 e. The molecule has 0 spiro atoms. The number of carbonyl (C=O) groups excluding carboxylic acids is 2. The molecule has 0 aliphatic heterocycles. The standard InChI is InChI=1S/C9H20N4O2/c1-2-5-13(6-3-4-10)7-8(14)12-9(11)15/h2-7,10H2,1H3,(H3,11,12,14,15). The second-order valence-electron chi connectivity index (χ2n) is 3.33. The fourth-order valence-corrected chi connectivity index (χ4v) is 1.28. The van der Waals surface area contributed by atoms with Crippen molar-refractivity contribution < 1.29 is 9.59 Å². The number of nitrogens with one attached hydrogen (secondary N) is 1. The second kappa shape index (κ2) is 8.19. The number of hydrogen-bond acceptors (Lipinski definition) is 4. The lowest BCUT2D eigenvalue weighted by Gasteiger charge is -2.20. The molecular weight excluding hydrogens is 196 g/mol. The van der Waals surface area contributed by atoms with E-state index in [1.807, 2.05) is 17.1 Å². The van der Waals surface area contributed by atoms with Crippen LogP contribution in [-0.2, 0) is 4.79 Å². The van der Waals surface area contributed by atoms with E-state index in [2.05, 4.69) is 0 Å². The van der Waals surface area contributed by atoms with Gasteiger partial charge in [0, 0.05) is 0 Å². The Balaban J connectivity index is 3.91. The van der Waals surface area contributed by atoms with Crippen LogP contribution < -0.4 is 16.8 Å². The SMILES string of the molecule is CCCN(CCCN)CC(=O)NC(N)=O. The molecule has 88 valence electrons. The molecule has 15 heavy (non-hydrogen) atoms. The molecule has 5 N–H and O–H groups in total. The first-order chi connectivity index (χ1) is 7.10. The molecule has 0 fully saturated rings. The molecule has 6 nitrogen and oxygen atoms in total. The van der Waals surface area contributed by atoms with Gasteiger partial charge in [-0.2, -0.15) is 0 Å². The summed E-state index contributed by atoms with van der Waals surface area (Å²) >= 11 is 0. The van der Waals surface area contributed by atoms with Crippen LogP contribution in [0.3, 0.4) is 0 Å². The normalized spacial score (nSPS) is 10.3. The first-order valence-electron chi connectivity index (χ1n) is 5.11. The Morgan fingerprint density at radius 2 is 2.00 bits per heavy atom. The Bertz CT molecular complexity index is 208. The van der Waals surface area contributed by atoms with Crippen LogP contribution in [-0.4, -0.2) is 43.0 Å². The zero-order valence-corrected chi connectivity index (χ0v) is 9.16. The minimum Gasteiger partial charge on any atom is -0.351 e. The summed E-state index contributed by atoms with van der Waals surface area (Å²) in [5.41, 5.74) is 10.2. The maximum atomic E-state index is 11.2. The highest BCUT2D eigenvalue weighted by molar-refractivity contribution is 5.94. The van der Waals surface area contributed by atoms with Gasteiger partial charge in [-0.15, -0.1) is 0 Å². The maximum absolute atomic E-state index is 11.2. The van der Waals surface area contributed by atoms with Crippen LogP contribution in [0.15, 0.2) is 0 Å². The number of hydrogen-bond donors (Lipinski definition) is 3. The molecule has 0 saturated heterocycles. The molecule has 3 amide bonds. The zero-order valence-electron chi connectivity index (χ0n) is 9.16. The summed E-state index contributed by atoms with van der Waals surface area (Å²) in [4.78, 5) is 23.6. The van der Waals surface area contributed by atoms with Gasteiger partial charge in [0.2, 0.25) is 5.91 Å². The molecule has 0 aromatic heterocycles. The van der Waals surface area contributed by atoms with Gasteiger partial charge in [-0.3, -0.25) is 15.0 Å². The third-order valence-corrected chi connectivity index (χ3v) is 1.85. The number of carbonyl (C=O) groups is 2. The van der Waals surface area contributed by atoms with Crippen molar-refractivity contribution in [2.75, 3.05) is 26.2 Å². The molecule has 0 radical (unpaired) electrons. The predicted octanol–water partition coefficient (Wildman–Crippen LogP) is -0.758. The highest BCUT2D eigenvalue weighted by Crippen LogP contribution is 1.93. The predicted molar refractivity (Wildman–Crippen MR) is 58.1 cm³/mol. The van der Waals surface area contributed by atoms with E-state index in [1.54, 1.807) is 0 Å². The first kappa shape index (κ1) is 13.9. The van der Waals surface area contributed by atoms with E-state index in [0.29, 0.717) is 6.54 Å². The van der Waals surface area contributed by atoms with Crippen molar-refractivity contribution in [3.8, 4) is 0 Å². The molecule has 0 aromatic carbocycles. The van der Waals surface area contributed by atoms with Crippen LogP contribution in [0.1, 0.15) is 19.8 Å². The van der Waals surface area contributed by atoms with Crippen LogP contribution in [0.2, 0.25) is 0 Å². The summed E-state index contributed by atoms with van der Waals surface area (Å²) in [5.74, 6) is -0.368. The fraction of sp³-hybridized carbons (Fsp3) is 0.778. The minimum absolute atomic E-state index is 0.191. The number of urea groups is 1. The van der Waals surface area contributed by atoms with E-state index >= 15 is 0 Å². The van der Waals surface area contributed by atoms with Gasteiger partial charge in [-0.1, -0.05) is 6.92 Å². The molecule has 0 aliphatic carbocycles. The summed E-state index contributed by atoms with van der Waals surface area (Å²) in [6, 6.07) is -0.810. The fourth-order valence-electron chi connectivity index (χ4n) is 1.28. The highest BCUT2D eigenvalue weighted by atomic mass is 16.2. The molecule has 6 heteroatoms. The zero-order chi connectivity index (χ0) is 11.7. The molecule has 0 unspecified atom stereocenters. The molecular formula is C9H20N4O2. The number of imide groups is 1. The van der Waals surface area contributed by atoms with Crippen molar-refractivity contribution in [3.63, 3.8) is 0 Å². The average Bonchev–Trinajstić information content (AvgIpc) is 2.13. The third-order valence-electron chi connectivity index (χ3n) is 1.85. The maximum Gasteiger partial charge on any atom is 0.318 e. The summed E-state index contributed by atoms with van der Waals surface area (Å²) in [5, 5.41) is 2.04. The van der Waals surface area contributed by atoms with Crippen molar-refractivity contribution >= 4 is 11.9 Å². The molecule has 0 aromatic rings. The van der Waals surface area contributed by atoms with Gasteiger partial charge < -0.3 is 11.5 Å². The lowest BCUT2D eigenvalue weighted by molar-refractivity contribution is -0.121. The Labute approximate surface area is 90.0 Å². The summed E-state index contributed by atoms with van der Waals surface area (Å²) in [7, 11) is 0. The van der Waals surface area contributed by atoms with Gasteiger partial charge in [0.15, 0.2) is 0 Å². The van der Waals surface area contributed by atoms with Crippen molar-refractivity contribution in [1.82, 2.24) is 10.2 Å². The number of nitrogens with two attached hydrogens (primary N) is 2. The van der Waals surface area contributed by atoms with E-state index in [-0.39, 0.29) is 12.5 Å². The van der Waals surface area contributed by atoms with Crippen LogP contribution in [0.5, 0.6) is 0 Å². The van der Waals surface area contributed by atoms with E-state index in [9.17, 15) is 9.59 Å². The molecule has 0 aliphatic rings. The van der Waals surface area contributed by atoms with Crippen LogP contribution in [0.25, 0.3) is 0 Å². The van der Waals surface area contributed by atoms with E-state index in [4.69, 9.17) is 11.5 Å². The topological polar surface area (TPSA) is 101 Å².